The van der Waals surface area contributed by atoms with Crippen molar-refractivity contribution in [2.45, 2.75) is 32.2 Å². The molecule has 0 saturated carbocycles. The average Bonchev–Trinajstić information content (AvgIpc) is 2.74. The minimum atomic E-state index is -0.278. The van der Waals surface area contributed by atoms with Crippen molar-refractivity contribution in [2.24, 2.45) is 17.6 Å². The molecule has 2 amide bonds. The molecule has 0 aromatic rings. The number of amides is 2. The molecule has 2 aliphatic heterocycles. The van der Waals surface area contributed by atoms with E-state index >= 15 is 0 Å². The zero-order chi connectivity index (χ0) is 12.4. The van der Waals surface area contributed by atoms with E-state index in [1.165, 1.54) is 0 Å². The number of likely N-dealkylation sites (tertiary alicyclic amines) is 1. The van der Waals surface area contributed by atoms with Crippen molar-refractivity contribution in [3.63, 3.8) is 0 Å². The number of primary amides is 1. The molecular formula is C12H21N3O2. The van der Waals surface area contributed by atoms with E-state index in [9.17, 15) is 9.59 Å². The van der Waals surface area contributed by atoms with Crippen LogP contribution in [0.2, 0.25) is 0 Å². The van der Waals surface area contributed by atoms with E-state index in [0.29, 0.717) is 6.54 Å². The summed E-state index contributed by atoms with van der Waals surface area (Å²) in [7, 11) is 0. The van der Waals surface area contributed by atoms with E-state index in [-0.39, 0.29) is 29.7 Å². The maximum absolute atomic E-state index is 12.3. The lowest BCUT2D eigenvalue weighted by Gasteiger charge is -2.33. The number of nitrogens with zero attached hydrogens (tertiary/aromatic N) is 1. The molecule has 2 aliphatic rings. The second-order valence-electron chi connectivity index (χ2n) is 5.16. The van der Waals surface area contributed by atoms with Crippen LogP contribution in [0.5, 0.6) is 0 Å². The van der Waals surface area contributed by atoms with E-state index < -0.39 is 0 Å². The Bertz CT molecular complexity index is 319. The minimum Gasteiger partial charge on any atom is -0.369 e. The van der Waals surface area contributed by atoms with Crippen LogP contribution in [0, 0.1) is 11.8 Å². The van der Waals surface area contributed by atoms with Gasteiger partial charge < -0.3 is 16.0 Å². The van der Waals surface area contributed by atoms with Crippen LogP contribution in [-0.4, -0.2) is 42.4 Å². The Kier molecular flexibility index (Phi) is 3.66. The lowest BCUT2D eigenvalue weighted by molar-refractivity contribution is -0.138. The molecule has 17 heavy (non-hydrogen) atoms. The molecular weight excluding hydrogens is 218 g/mol. The van der Waals surface area contributed by atoms with Gasteiger partial charge in [0.25, 0.3) is 0 Å². The smallest absolute Gasteiger partial charge is 0.227 e. The maximum Gasteiger partial charge on any atom is 0.227 e. The van der Waals surface area contributed by atoms with Crippen molar-refractivity contribution < 1.29 is 9.59 Å². The predicted molar refractivity (Wildman–Crippen MR) is 64.1 cm³/mol. The number of nitrogens with two attached hydrogens (primary N) is 1. The highest BCUT2D eigenvalue weighted by Crippen LogP contribution is 2.22. The van der Waals surface area contributed by atoms with E-state index in [0.717, 1.165) is 32.4 Å². The zero-order valence-electron chi connectivity index (χ0n) is 10.3. The number of hydrogen-bond acceptors (Lipinski definition) is 3. The van der Waals surface area contributed by atoms with Gasteiger partial charge in [0.1, 0.15) is 0 Å². The maximum atomic E-state index is 12.3. The molecule has 3 N–H and O–H groups in total. The van der Waals surface area contributed by atoms with E-state index in [4.69, 9.17) is 5.73 Å². The molecule has 2 fully saturated rings. The third kappa shape index (κ3) is 2.60. The van der Waals surface area contributed by atoms with Gasteiger partial charge in [0.2, 0.25) is 11.8 Å². The third-order valence-corrected chi connectivity index (χ3v) is 3.98. The summed E-state index contributed by atoms with van der Waals surface area (Å²) < 4.78 is 0. The number of carbonyl (C=O) groups excluding carboxylic acids is 2. The van der Waals surface area contributed by atoms with Crippen molar-refractivity contribution in [1.29, 1.82) is 0 Å². The molecule has 5 nitrogen and oxygen atoms in total. The highest BCUT2D eigenvalue weighted by atomic mass is 16.2. The highest BCUT2D eigenvalue weighted by Gasteiger charge is 2.35. The lowest BCUT2D eigenvalue weighted by Crippen LogP contribution is -2.47. The summed E-state index contributed by atoms with van der Waals surface area (Å²) >= 11 is 0. The Morgan fingerprint density at radius 2 is 2.12 bits per heavy atom. The molecule has 2 rings (SSSR count). The summed E-state index contributed by atoms with van der Waals surface area (Å²) in [6.07, 6.45) is 2.60. The van der Waals surface area contributed by atoms with Crippen LogP contribution in [0.3, 0.4) is 0 Å². The quantitative estimate of drug-likeness (QED) is 0.695. The van der Waals surface area contributed by atoms with Gasteiger partial charge in [-0.25, -0.2) is 0 Å². The van der Waals surface area contributed by atoms with Crippen molar-refractivity contribution in [2.75, 3.05) is 19.6 Å². The van der Waals surface area contributed by atoms with Crippen LogP contribution in [-0.2, 0) is 9.59 Å². The van der Waals surface area contributed by atoms with Crippen LogP contribution in [0.15, 0.2) is 0 Å². The third-order valence-electron chi connectivity index (χ3n) is 3.98. The van der Waals surface area contributed by atoms with Gasteiger partial charge in [-0.15, -0.1) is 0 Å². The Morgan fingerprint density at radius 3 is 2.71 bits per heavy atom. The average molecular weight is 239 g/mol. The number of piperidine rings is 1. The molecule has 3 unspecified atom stereocenters. The van der Waals surface area contributed by atoms with Gasteiger partial charge in [-0.1, -0.05) is 0 Å². The number of carbonyl (C=O) groups is 2. The number of nitrogens with one attached hydrogen (secondary N) is 1. The summed E-state index contributed by atoms with van der Waals surface area (Å²) in [4.78, 5) is 25.3. The summed E-state index contributed by atoms with van der Waals surface area (Å²) in [5, 5.41) is 3.28. The summed E-state index contributed by atoms with van der Waals surface area (Å²) in [5.74, 6) is -0.174. The Labute approximate surface area is 102 Å². The first-order valence-corrected chi connectivity index (χ1v) is 6.41. The first kappa shape index (κ1) is 12.4. The summed E-state index contributed by atoms with van der Waals surface area (Å²) in [6, 6.07) is 0.247. The van der Waals surface area contributed by atoms with Crippen molar-refractivity contribution in [3.8, 4) is 0 Å². The normalized spacial score (nSPS) is 33.7. The fourth-order valence-corrected chi connectivity index (χ4v) is 2.84. The molecule has 0 aromatic heterocycles. The van der Waals surface area contributed by atoms with Crippen molar-refractivity contribution >= 4 is 11.8 Å². The fourth-order valence-electron chi connectivity index (χ4n) is 2.84. The van der Waals surface area contributed by atoms with Gasteiger partial charge in [0.15, 0.2) is 0 Å². The first-order chi connectivity index (χ1) is 8.09. The largest absolute Gasteiger partial charge is 0.369 e. The van der Waals surface area contributed by atoms with E-state index in [1.807, 2.05) is 11.8 Å². The molecule has 0 aliphatic carbocycles. The SMILES string of the molecule is CC1NCCC1C(=O)N1CCCC(C(N)=O)C1. The first-order valence-electron chi connectivity index (χ1n) is 6.41. The molecule has 0 bridgehead atoms. The van der Waals surface area contributed by atoms with Crippen LogP contribution < -0.4 is 11.1 Å². The van der Waals surface area contributed by atoms with Gasteiger partial charge in [-0.05, 0) is 32.7 Å². The van der Waals surface area contributed by atoms with E-state index in [1.54, 1.807) is 0 Å². The van der Waals surface area contributed by atoms with Gasteiger partial charge in [-0.2, -0.15) is 0 Å². The van der Waals surface area contributed by atoms with Gasteiger partial charge in [-0.3, -0.25) is 9.59 Å². The minimum absolute atomic E-state index is 0.0710. The standard InChI is InChI=1S/C12H21N3O2/c1-8-10(4-5-14-8)12(17)15-6-2-3-9(7-15)11(13)16/h8-10,14H,2-7H2,1H3,(H2,13,16). The van der Waals surface area contributed by atoms with Crippen LogP contribution in [0.25, 0.3) is 0 Å². The molecule has 0 aromatic carbocycles. The Morgan fingerprint density at radius 1 is 1.35 bits per heavy atom. The fraction of sp³-hybridized carbons (Fsp3) is 0.833. The van der Waals surface area contributed by atoms with Gasteiger partial charge in [0, 0.05) is 19.1 Å². The number of rotatable bonds is 2. The second-order valence-corrected chi connectivity index (χ2v) is 5.16. The summed E-state index contributed by atoms with van der Waals surface area (Å²) in [6.45, 7) is 4.24. The Hall–Kier alpha value is -1.10. The van der Waals surface area contributed by atoms with Crippen LogP contribution in [0.1, 0.15) is 26.2 Å². The van der Waals surface area contributed by atoms with Gasteiger partial charge >= 0.3 is 0 Å². The molecule has 0 radical (unpaired) electrons. The molecule has 2 saturated heterocycles. The lowest BCUT2D eigenvalue weighted by atomic mass is 9.94. The second kappa shape index (κ2) is 5.04. The molecule has 2 heterocycles. The van der Waals surface area contributed by atoms with Crippen LogP contribution >= 0.6 is 0 Å². The number of hydrogen-bond donors (Lipinski definition) is 2. The van der Waals surface area contributed by atoms with Crippen molar-refractivity contribution in [3.05, 3.63) is 0 Å². The van der Waals surface area contributed by atoms with Crippen molar-refractivity contribution in [1.82, 2.24) is 10.2 Å². The van der Waals surface area contributed by atoms with E-state index in [2.05, 4.69) is 5.32 Å². The molecule has 5 heteroatoms. The van der Waals surface area contributed by atoms with Crippen LogP contribution in [0.4, 0.5) is 0 Å². The molecule has 0 spiro atoms. The highest BCUT2D eigenvalue weighted by molar-refractivity contribution is 5.82. The Balaban J connectivity index is 1.97. The topological polar surface area (TPSA) is 75.4 Å². The molecule has 96 valence electrons. The predicted octanol–water partition coefficient (Wildman–Crippen LogP) is -0.292. The summed E-state index contributed by atoms with van der Waals surface area (Å²) in [5.41, 5.74) is 5.32. The monoisotopic (exact) mass is 239 g/mol. The zero-order valence-corrected chi connectivity index (χ0v) is 10.3. The molecule has 3 atom stereocenters. The van der Waals surface area contributed by atoms with Gasteiger partial charge in [0.05, 0.1) is 11.8 Å².